The van der Waals surface area contributed by atoms with Gasteiger partial charge in [0.05, 0.1) is 32.7 Å². The molecule has 0 spiro atoms. The molecule has 7 aromatic carbocycles. The van der Waals surface area contributed by atoms with Crippen LogP contribution in [0.4, 0.5) is 0 Å². The van der Waals surface area contributed by atoms with Gasteiger partial charge in [-0.25, -0.2) is 28.8 Å². The standard InChI is InChI=1S/2C17H12O3.C10H2O6/c2*1-11(18)20-17(19)16-14-8-4-2-6-12(14)10-13-7-3-5-9-15(13)16;11-7-3-1-4-6(10(14)16-8(4)12)2-5(3)9(13)15-7/h2*2-10H,1H3;1-2H. The molecule has 274 valence electrons. The van der Waals surface area contributed by atoms with E-state index in [9.17, 15) is 38.4 Å². The van der Waals surface area contributed by atoms with E-state index in [0.717, 1.165) is 55.2 Å². The lowest BCUT2D eigenvalue weighted by molar-refractivity contribution is -0.136. The minimum atomic E-state index is -0.824. The highest BCUT2D eigenvalue weighted by atomic mass is 16.6. The van der Waals surface area contributed by atoms with E-state index in [1.54, 1.807) is 0 Å². The molecule has 9 rings (SSSR count). The van der Waals surface area contributed by atoms with Crippen LogP contribution in [-0.4, -0.2) is 23.9 Å². The number of ether oxygens (including phenoxy) is 2. The summed E-state index contributed by atoms with van der Waals surface area (Å²) in [6.45, 7) is 2.45. The van der Waals surface area contributed by atoms with Crippen molar-refractivity contribution >= 4 is 88.5 Å². The maximum Gasteiger partial charge on any atom is 0.347 e. The average Bonchev–Trinajstić information content (AvgIpc) is 3.62. The van der Waals surface area contributed by atoms with Crippen molar-refractivity contribution in [1.29, 1.82) is 0 Å². The van der Waals surface area contributed by atoms with Crippen LogP contribution in [0.15, 0.2) is 149 Å². The smallest absolute Gasteiger partial charge is 0.347 e. The highest BCUT2D eigenvalue weighted by Gasteiger charge is 2.19. The first-order valence-electron chi connectivity index (χ1n) is 16.9. The van der Waals surface area contributed by atoms with Gasteiger partial charge in [0.1, 0.15) is 0 Å². The lowest BCUT2D eigenvalue weighted by atomic mass is 9.97. The first-order chi connectivity index (χ1) is 26.9. The number of benzene rings is 7. The van der Waals surface area contributed by atoms with Crippen molar-refractivity contribution in [3.63, 3.8) is 0 Å². The molecular weight excluding hydrogens is 720 g/mol. The predicted octanol–water partition coefficient (Wildman–Crippen LogP) is 6.89. The molecule has 0 aliphatic carbocycles. The number of fused-ring (bicyclic) bond motifs is 6. The van der Waals surface area contributed by atoms with Gasteiger partial charge in [-0.2, -0.15) is 0 Å². The van der Waals surface area contributed by atoms with Crippen molar-refractivity contribution in [2.75, 3.05) is 0 Å². The van der Waals surface area contributed by atoms with Gasteiger partial charge in [0.2, 0.25) is 0 Å². The number of hydrogen-bond donors (Lipinski definition) is 0. The van der Waals surface area contributed by atoms with Crippen LogP contribution in [0, 0.1) is 0 Å². The molecule has 0 aliphatic rings. The Labute approximate surface area is 313 Å². The van der Waals surface area contributed by atoms with E-state index in [-0.39, 0.29) is 21.5 Å². The van der Waals surface area contributed by atoms with E-state index < -0.39 is 46.4 Å². The number of esters is 4. The molecule has 0 N–H and O–H groups in total. The lowest BCUT2D eigenvalue weighted by Crippen LogP contribution is -2.10. The maximum atomic E-state index is 12.2. The van der Waals surface area contributed by atoms with Crippen molar-refractivity contribution in [3.8, 4) is 0 Å². The molecule has 0 fully saturated rings. The van der Waals surface area contributed by atoms with E-state index in [2.05, 4.69) is 8.83 Å². The second-order valence-corrected chi connectivity index (χ2v) is 12.4. The highest BCUT2D eigenvalue weighted by molar-refractivity contribution is 6.19. The molecule has 0 radical (unpaired) electrons. The van der Waals surface area contributed by atoms with Gasteiger partial charge in [-0.3, -0.25) is 9.59 Å². The van der Waals surface area contributed by atoms with Crippen molar-refractivity contribution in [2.24, 2.45) is 0 Å². The third kappa shape index (κ3) is 6.97. The molecule has 0 saturated carbocycles. The van der Waals surface area contributed by atoms with Gasteiger partial charge in [-0.05, 0) is 67.4 Å². The van der Waals surface area contributed by atoms with Crippen molar-refractivity contribution in [2.45, 2.75) is 13.8 Å². The molecule has 2 aromatic heterocycles. The summed E-state index contributed by atoms with van der Waals surface area (Å²) in [5.41, 5.74) is -2.42. The third-order valence-electron chi connectivity index (χ3n) is 8.83. The van der Waals surface area contributed by atoms with Crippen LogP contribution in [0.25, 0.3) is 64.6 Å². The molecule has 0 amide bonds. The zero-order valence-corrected chi connectivity index (χ0v) is 29.4. The molecule has 12 nitrogen and oxygen atoms in total. The van der Waals surface area contributed by atoms with Crippen LogP contribution in [0.3, 0.4) is 0 Å². The number of carbonyl (C=O) groups is 4. The van der Waals surface area contributed by atoms with Gasteiger partial charge in [0.25, 0.3) is 0 Å². The zero-order valence-electron chi connectivity index (χ0n) is 29.4. The van der Waals surface area contributed by atoms with Gasteiger partial charge in [0, 0.05) is 13.8 Å². The molecule has 2 heterocycles. The van der Waals surface area contributed by atoms with Gasteiger partial charge in [-0.1, -0.05) is 97.1 Å². The van der Waals surface area contributed by atoms with Crippen LogP contribution < -0.4 is 22.5 Å². The fraction of sp³-hybridized carbons (Fsp3) is 0.0455. The van der Waals surface area contributed by atoms with E-state index in [1.807, 2.05) is 109 Å². The Bertz CT molecular complexity index is 2890. The van der Waals surface area contributed by atoms with E-state index in [4.69, 9.17) is 9.47 Å². The fourth-order valence-electron chi connectivity index (χ4n) is 6.49. The van der Waals surface area contributed by atoms with Crippen molar-refractivity contribution in [3.05, 3.63) is 174 Å². The summed E-state index contributed by atoms with van der Waals surface area (Å²) in [6.07, 6.45) is 0. The summed E-state index contributed by atoms with van der Waals surface area (Å²) in [7, 11) is 0. The van der Waals surface area contributed by atoms with Crippen molar-refractivity contribution < 1.29 is 37.5 Å². The largest absolute Gasteiger partial charge is 0.390 e. The first kappa shape index (κ1) is 36.5. The maximum absolute atomic E-state index is 12.2. The molecular formula is C44H26O12. The monoisotopic (exact) mass is 746 g/mol. The molecule has 0 aliphatic heterocycles. The molecule has 0 saturated heterocycles. The van der Waals surface area contributed by atoms with Gasteiger partial charge in [0.15, 0.2) is 0 Å². The molecule has 9 aromatic rings. The summed E-state index contributed by atoms with van der Waals surface area (Å²) >= 11 is 0. The van der Waals surface area contributed by atoms with Crippen LogP contribution in [0.2, 0.25) is 0 Å². The summed E-state index contributed by atoms with van der Waals surface area (Å²) in [4.78, 5) is 91.3. The van der Waals surface area contributed by atoms with E-state index in [1.165, 1.54) is 13.8 Å². The minimum Gasteiger partial charge on any atom is -0.390 e. The third-order valence-corrected chi connectivity index (χ3v) is 8.83. The van der Waals surface area contributed by atoms with E-state index in [0.29, 0.717) is 11.1 Å². The van der Waals surface area contributed by atoms with Crippen LogP contribution in [-0.2, 0) is 19.1 Å². The number of carbonyl (C=O) groups excluding carboxylic acids is 4. The first-order valence-corrected chi connectivity index (χ1v) is 16.9. The highest BCUT2D eigenvalue weighted by Crippen LogP contribution is 2.30. The molecule has 56 heavy (non-hydrogen) atoms. The average molecular weight is 747 g/mol. The van der Waals surface area contributed by atoms with Crippen LogP contribution in [0.1, 0.15) is 34.6 Å². The number of hydrogen-bond acceptors (Lipinski definition) is 12. The Morgan fingerprint density at radius 2 is 0.625 bits per heavy atom. The minimum absolute atomic E-state index is 0.0181. The van der Waals surface area contributed by atoms with Crippen molar-refractivity contribution in [1.82, 2.24) is 0 Å². The Morgan fingerprint density at radius 1 is 0.375 bits per heavy atom. The van der Waals surface area contributed by atoms with Crippen LogP contribution >= 0.6 is 0 Å². The Morgan fingerprint density at radius 3 is 0.875 bits per heavy atom. The van der Waals surface area contributed by atoms with Crippen LogP contribution in [0.5, 0.6) is 0 Å². The summed E-state index contributed by atoms with van der Waals surface area (Å²) in [5, 5.41) is 6.87. The molecule has 0 bridgehead atoms. The summed E-state index contributed by atoms with van der Waals surface area (Å²) in [6, 6.07) is 36.6. The lowest BCUT2D eigenvalue weighted by Gasteiger charge is -2.09. The van der Waals surface area contributed by atoms with E-state index >= 15 is 0 Å². The normalized spacial score (nSPS) is 10.9. The predicted molar refractivity (Wildman–Crippen MR) is 209 cm³/mol. The van der Waals surface area contributed by atoms with Gasteiger partial charge in [-0.15, -0.1) is 0 Å². The molecule has 0 atom stereocenters. The fourth-order valence-corrected chi connectivity index (χ4v) is 6.49. The SMILES string of the molecule is CC(=O)OC(=O)c1c2ccccc2cc2ccccc12.CC(=O)OC(=O)c1c2ccccc2cc2ccccc12.O=c1oc(=O)c2cc3c(=O)oc(=O)c3cc12. The number of furan rings is 2. The Balaban J connectivity index is 0.000000130. The zero-order chi connectivity index (χ0) is 39.7. The summed E-state index contributed by atoms with van der Waals surface area (Å²) in [5.74, 6) is -2.42. The Hall–Kier alpha value is -7.86. The number of rotatable bonds is 2. The molecule has 12 heteroatoms. The van der Waals surface area contributed by atoms with Gasteiger partial charge < -0.3 is 18.3 Å². The Kier molecular flexibility index (Phi) is 9.69. The molecule has 0 unspecified atom stereocenters. The topological polar surface area (TPSA) is 181 Å². The van der Waals surface area contributed by atoms with Gasteiger partial charge >= 0.3 is 46.4 Å². The summed E-state index contributed by atoms with van der Waals surface area (Å²) < 4.78 is 18.2. The second-order valence-electron chi connectivity index (χ2n) is 12.4. The quantitative estimate of drug-likeness (QED) is 0.102. The second kappa shape index (κ2) is 14.9.